The molecule has 0 spiro atoms. The molecule has 1 amide bonds. The Kier molecular flexibility index (Phi) is 5.35. The van der Waals surface area contributed by atoms with Gasteiger partial charge in [-0.25, -0.2) is 0 Å². The van der Waals surface area contributed by atoms with Gasteiger partial charge in [-0.1, -0.05) is 27.2 Å². The number of carbonyl (C=O) groups excluding carboxylic acids is 1. The highest BCUT2D eigenvalue weighted by Crippen LogP contribution is 2.26. The van der Waals surface area contributed by atoms with E-state index in [2.05, 4.69) is 17.3 Å². The van der Waals surface area contributed by atoms with Gasteiger partial charge in [0.2, 0.25) is 5.91 Å². The van der Waals surface area contributed by atoms with Crippen LogP contribution in [0.1, 0.15) is 40.0 Å². The van der Waals surface area contributed by atoms with Gasteiger partial charge < -0.3 is 15.3 Å². The van der Waals surface area contributed by atoms with Crippen LogP contribution in [0.2, 0.25) is 0 Å². The Morgan fingerprint density at radius 1 is 1.37 bits per heavy atom. The summed E-state index contributed by atoms with van der Waals surface area (Å²) < 4.78 is 0. The monoisotopic (exact) mass is 270 g/mol. The van der Waals surface area contributed by atoms with Crippen LogP contribution in [0.5, 0.6) is 0 Å². The minimum atomic E-state index is -1.05. The number of carboxylic acids is 1. The largest absolute Gasteiger partial charge is 0.481 e. The minimum absolute atomic E-state index is 0.326. The molecule has 0 aromatic heterocycles. The zero-order valence-corrected chi connectivity index (χ0v) is 12.4. The van der Waals surface area contributed by atoms with E-state index in [0.29, 0.717) is 12.6 Å². The fraction of sp³-hybridized carbons (Fsp3) is 0.857. The molecule has 1 aliphatic heterocycles. The van der Waals surface area contributed by atoms with Crippen molar-refractivity contribution in [2.24, 2.45) is 11.3 Å². The van der Waals surface area contributed by atoms with E-state index in [1.165, 1.54) is 12.8 Å². The molecule has 2 atom stereocenters. The van der Waals surface area contributed by atoms with Gasteiger partial charge in [0.25, 0.3) is 0 Å². The van der Waals surface area contributed by atoms with Crippen LogP contribution in [0, 0.1) is 11.3 Å². The first-order chi connectivity index (χ1) is 8.73. The number of nitrogens with one attached hydrogen (secondary N) is 1. The molecule has 5 heteroatoms. The molecule has 19 heavy (non-hydrogen) atoms. The Hall–Kier alpha value is -1.10. The fourth-order valence-electron chi connectivity index (χ4n) is 2.60. The van der Waals surface area contributed by atoms with Crippen molar-refractivity contribution in [2.75, 3.05) is 20.1 Å². The van der Waals surface area contributed by atoms with Crippen molar-refractivity contribution in [2.45, 2.75) is 46.1 Å². The number of aliphatic carboxylic acids is 1. The number of hydrogen-bond donors (Lipinski definition) is 2. The standard InChI is InChI=1S/C14H26N2O3/c1-14(2,3)11(13(18)19)12(17)15-9-10-7-5-6-8-16(10)4/h10-11H,5-9H2,1-4H3,(H,15,17)(H,18,19). The second kappa shape index (κ2) is 6.37. The second-order valence-electron chi connectivity index (χ2n) is 6.51. The molecule has 1 heterocycles. The second-order valence-corrected chi connectivity index (χ2v) is 6.51. The number of carboxylic acid groups (broad SMARTS) is 1. The van der Waals surface area contributed by atoms with Gasteiger partial charge in [-0.3, -0.25) is 9.59 Å². The van der Waals surface area contributed by atoms with Crippen molar-refractivity contribution in [1.29, 1.82) is 0 Å². The van der Waals surface area contributed by atoms with Crippen molar-refractivity contribution in [3.8, 4) is 0 Å². The summed E-state index contributed by atoms with van der Waals surface area (Å²) in [6.45, 7) is 6.91. The zero-order valence-electron chi connectivity index (χ0n) is 12.4. The lowest BCUT2D eigenvalue weighted by atomic mass is 9.80. The number of piperidine rings is 1. The van der Waals surface area contributed by atoms with E-state index in [9.17, 15) is 14.7 Å². The molecule has 2 unspecified atom stereocenters. The molecule has 5 nitrogen and oxygen atoms in total. The van der Waals surface area contributed by atoms with Gasteiger partial charge in [0.15, 0.2) is 0 Å². The SMILES string of the molecule is CN1CCCCC1CNC(=O)C(C(=O)O)C(C)(C)C. The van der Waals surface area contributed by atoms with Crippen molar-refractivity contribution in [3.63, 3.8) is 0 Å². The van der Waals surface area contributed by atoms with Gasteiger partial charge in [0.1, 0.15) is 5.92 Å². The first-order valence-corrected chi connectivity index (χ1v) is 6.94. The zero-order chi connectivity index (χ0) is 14.6. The lowest BCUT2D eigenvalue weighted by Gasteiger charge is -2.33. The molecule has 0 radical (unpaired) electrons. The highest BCUT2D eigenvalue weighted by molar-refractivity contribution is 5.97. The Morgan fingerprint density at radius 3 is 2.47 bits per heavy atom. The van der Waals surface area contributed by atoms with Gasteiger partial charge in [-0.05, 0) is 31.8 Å². The van der Waals surface area contributed by atoms with Crippen LogP contribution in [-0.4, -0.2) is 48.1 Å². The summed E-state index contributed by atoms with van der Waals surface area (Å²) in [5.74, 6) is -2.43. The van der Waals surface area contributed by atoms with E-state index in [1.807, 2.05) is 0 Å². The Bertz CT molecular complexity index is 336. The van der Waals surface area contributed by atoms with Crippen LogP contribution in [0.4, 0.5) is 0 Å². The molecule has 0 aromatic rings. The first kappa shape index (κ1) is 16.0. The molecular weight excluding hydrogens is 244 g/mol. The summed E-state index contributed by atoms with van der Waals surface area (Å²) in [6.07, 6.45) is 3.43. The molecule has 1 fully saturated rings. The predicted octanol–water partition coefficient (Wildman–Crippen LogP) is 1.33. The van der Waals surface area contributed by atoms with Crippen molar-refractivity contribution < 1.29 is 14.7 Å². The molecule has 0 saturated carbocycles. The van der Waals surface area contributed by atoms with Crippen molar-refractivity contribution in [1.82, 2.24) is 10.2 Å². The normalized spacial score (nSPS) is 22.8. The highest BCUT2D eigenvalue weighted by atomic mass is 16.4. The summed E-state index contributed by atoms with van der Waals surface area (Å²) in [4.78, 5) is 25.5. The molecular formula is C14H26N2O3. The summed E-state index contributed by atoms with van der Waals surface area (Å²) >= 11 is 0. The van der Waals surface area contributed by atoms with Gasteiger partial charge >= 0.3 is 5.97 Å². The Labute approximate surface area is 115 Å². The van der Waals surface area contributed by atoms with Crippen LogP contribution in [-0.2, 0) is 9.59 Å². The van der Waals surface area contributed by atoms with E-state index < -0.39 is 17.3 Å². The quantitative estimate of drug-likeness (QED) is 0.756. The van der Waals surface area contributed by atoms with Crippen molar-refractivity contribution in [3.05, 3.63) is 0 Å². The summed E-state index contributed by atoms with van der Waals surface area (Å²) in [7, 11) is 2.05. The molecule has 2 N–H and O–H groups in total. The molecule has 0 bridgehead atoms. The lowest BCUT2D eigenvalue weighted by Crippen LogP contribution is -2.49. The van der Waals surface area contributed by atoms with E-state index in [0.717, 1.165) is 13.0 Å². The van der Waals surface area contributed by atoms with E-state index >= 15 is 0 Å². The summed E-state index contributed by atoms with van der Waals surface area (Å²) in [5.41, 5.74) is -0.575. The summed E-state index contributed by atoms with van der Waals surface area (Å²) in [6, 6.07) is 0.326. The van der Waals surface area contributed by atoms with Gasteiger partial charge in [0, 0.05) is 12.6 Å². The maximum atomic E-state index is 12.1. The Morgan fingerprint density at radius 2 is 2.00 bits per heavy atom. The minimum Gasteiger partial charge on any atom is -0.481 e. The van der Waals surface area contributed by atoms with Crippen LogP contribution >= 0.6 is 0 Å². The molecule has 1 saturated heterocycles. The number of amides is 1. The number of rotatable bonds is 4. The lowest BCUT2D eigenvalue weighted by molar-refractivity contribution is -0.151. The third-order valence-corrected chi connectivity index (χ3v) is 3.81. The third kappa shape index (κ3) is 4.49. The average molecular weight is 270 g/mol. The fourth-order valence-corrected chi connectivity index (χ4v) is 2.60. The van der Waals surface area contributed by atoms with E-state index in [-0.39, 0.29) is 5.91 Å². The highest BCUT2D eigenvalue weighted by Gasteiger charge is 2.37. The molecule has 1 aliphatic rings. The van der Waals surface area contributed by atoms with Crippen molar-refractivity contribution >= 4 is 11.9 Å². The van der Waals surface area contributed by atoms with Crippen LogP contribution in [0.25, 0.3) is 0 Å². The van der Waals surface area contributed by atoms with Gasteiger partial charge in [0.05, 0.1) is 0 Å². The number of nitrogens with zero attached hydrogens (tertiary/aromatic N) is 1. The smallest absolute Gasteiger partial charge is 0.316 e. The van der Waals surface area contributed by atoms with Gasteiger partial charge in [-0.2, -0.15) is 0 Å². The topological polar surface area (TPSA) is 69.6 Å². The predicted molar refractivity (Wildman–Crippen MR) is 73.9 cm³/mol. The van der Waals surface area contributed by atoms with Crippen LogP contribution in [0.3, 0.4) is 0 Å². The van der Waals surface area contributed by atoms with Crippen LogP contribution in [0.15, 0.2) is 0 Å². The van der Waals surface area contributed by atoms with Crippen LogP contribution < -0.4 is 5.32 Å². The maximum absolute atomic E-state index is 12.1. The Balaban J connectivity index is 2.55. The average Bonchev–Trinajstić information content (AvgIpc) is 2.25. The number of likely N-dealkylation sites (N-methyl/N-ethyl adjacent to an activating group) is 1. The first-order valence-electron chi connectivity index (χ1n) is 6.94. The van der Waals surface area contributed by atoms with Gasteiger partial charge in [-0.15, -0.1) is 0 Å². The molecule has 110 valence electrons. The van der Waals surface area contributed by atoms with E-state index in [4.69, 9.17) is 0 Å². The molecule has 1 rings (SSSR count). The number of carbonyl (C=O) groups is 2. The maximum Gasteiger partial charge on any atom is 0.316 e. The summed E-state index contributed by atoms with van der Waals surface area (Å²) in [5, 5.41) is 12.0. The third-order valence-electron chi connectivity index (χ3n) is 3.81. The number of likely N-dealkylation sites (tertiary alicyclic amines) is 1. The number of hydrogen-bond acceptors (Lipinski definition) is 3. The molecule has 0 aliphatic carbocycles. The molecule has 0 aromatic carbocycles. The van der Waals surface area contributed by atoms with E-state index in [1.54, 1.807) is 20.8 Å².